The molecule has 10 heteroatoms. The molecule has 1 rings (SSSR count). The fourth-order valence-electron chi connectivity index (χ4n) is 2.62. The Labute approximate surface area is 201 Å². The first-order valence-electron chi connectivity index (χ1n) is 10.9. The molecule has 2 atom stereocenters. The molecular formula is C24H36F3NO5Si. The number of ether oxygens (including phenoxy) is 2. The van der Waals surface area contributed by atoms with Gasteiger partial charge in [0.05, 0.1) is 24.8 Å². The minimum atomic E-state index is -4.49. The van der Waals surface area contributed by atoms with Crippen LogP contribution in [0.4, 0.5) is 18.0 Å². The van der Waals surface area contributed by atoms with Crippen LogP contribution in [0.1, 0.15) is 58.8 Å². The number of esters is 1. The molecule has 0 spiro atoms. The van der Waals surface area contributed by atoms with Crippen molar-refractivity contribution in [3.05, 3.63) is 47.5 Å². The Bertz CT molecular complexity index is 869. The molecule has 0 aliphatic rings. The van der Waals surface area contributed by atoms with Gasteiger partial charge in [-0.2, -0.15) is 13.2 Å². The van der Waals surface area contributed by atoms with Gasteiger partial charge in [-0.3, -0.25) is 0 Å². The van der Waals surface area contributed by atoms with Gasteiger partial charge in [0.25, 0.3) is 0 Å². The van der Waals surface area contributed by atoms with Crippen molar-refractivity contribution in [2.75, 3.05) is 7.11 Å². The number of halogens is 3. The molecular weight excluding hydrogens is 467 g/mol. The molecule has 0 unspecified atom stereocenters. The van der Waals surface area contributed by atoms with Gasteiger partial charge in [0, 0.05) is 6.08 Å². The third-order valence-corrected chi connectivity index (χ3v) is 9.90. The molecule has 0 heterocycles. The zero-order valence-corrected chi connectivity index (χ0v) is 22.3. The number of alkyl carbamates (subject to hydrolysis) is 1. The number of amides is 1. The van der Waals surface area contributed by atoms with Crippen molar-refractivity contribution in [3.8, 4) is 0 Å². The number of hydrogen-bond acceptors (Lipinski definition) is 5. The monoisotopic (exact) mass is 503 g/mol. The van der Waals surface area contributed by atoms with Gasteiger partial charge in [-0.15, -0.1) is 0 Å². The first kappa shape index (κ1) is 29.7. The number of hydrogen-bond donors (Lipinski definition) is 1. The van der Waals surface area contributed by atoms with Gasteiger partial charge in [0.2, 0.25) is 0 Å². The second-order valence-electron chi connectivity index (χ2n) is 10.5. The minimum Gasteiger partial charge on any atom is -0.466 e. The zero-order chi connectivity index (χ0) is 26.5. The standard InChI is InChI=1S/C24H36F3NO5Si/c1-22(2,3)32-21(30)28-18(14-15-19(29)31-7)20(33-34(8,9)23(4,5)6)16-10-12-17(13-11-16)24(25,26)27/h10-15,18,20H,1-9H3,(H,28,30)/b15-14+/t18-,20+/m1/s1. The van der Waals surface area contributed by atoms with Gasteiger partial charge >= 0.3 is 18.2 Å². The van der Waals surface area contributed by atoms with E-state index in [0.29, 0.717) is 5.56 Å². The minimum absolute atomic E-state index is 0.236. The van der Waals surface area contributed by atoms with E-state index in [0.717, 1.165) is 18.2 Å². The first-order chi connectivity index (χ1) is 15.3. The second kappa shape index (κ2) is 10.9. The largest absolute Gasteiger partial charge is 0.466 e. The van der Waals surface area contributed by atoms with Crippen LogP contribution in [0.2, 0.25) is 18.1 Å². The lowest BCUT2D eigenvalue weighted by Gasteiger charge is -2.41. The molecule has 0 aliphatic carbocycles. The molecule has 1 amide bonds. The number of carbonyl (C=O) groups is 2. The van der Waals surface area contributed by atoms with Crippen molar-refractivity contribution in [3.63, 3.8) is 0 Å². The highest BCUT2D eigenvalue weighted by Gasteiger charge is 2.41. The molecule has 1 N–H and O–H groups in total. The maximum absolute atomic E-state index is 13.1. The maximum atomic E-state index is 13.1. The summed E-state index contributed by atoms with van der Waals surface area (Å²) in [6, 6.07) is 3.63. The summed E-state index contributed by atoms with van der Waals surface area (Å²) >= 11 is 0. The lowest BCUT2D eigenvalue weighted by Crippen LogP contribution is -2.48. The van der Waals surface area contributed by atoms with Crippen molar-refractivity contribution in [1.82, 2.24) is 5.32 Å². The molecule has 0 bridgehead atoms. The number of carbonyl (C=O) groups excluding carboxylic acids is 2. The van der Waals surface area contributed by atoms with Crippen molar-refractivity contribution < 1.29 is 36.7 Å². The summed E-state index contributed by atoms with van der Waals surface area (Å²) < 4.78 is 55.9. The molecule has 0 saturated carbocycles. The number of rotatable bonds is 7. The fraction of sp³-hybridized carbons (Fsp3) is 0.583. The number of methoxy groups -OCH3 is 1. The normalized spacial score (nSPS) is 15.1. The summed E-state index contributed by atoms with van der Waals surface area (Å²) in [4.78, 5) is 24.4. The SMILES string of the molecule is COC(=O)/C=C/[C@@H](NC(=O)OC(C)(C)C)[C@@H](O[Si](C)(C)C(C)(C)C)c1ccc(C(F)(F)F)cc1. The Morgan fingerprint density at radius 1 is 1.00 bits per heavy atom. The highest BCUT2D eigenvalue weighted by atomic mass is 28.4. The smallest absolute Gasteiger partial charge is 0.416 e. The topological polar surface area (TPSA) is 73.9 Å². The van der Waals surface area contributed by atoms with E-state index >= 15 is 0 Å². The molecule has 0 aromatic heterocycles. The Kier molecular flexibility index (Phi) is 9.56. The van der Waals surface area contributed by atoms with E-state index in [1.807, 2.05) is 33.9 Å². The van der Waals surface area contributed by atoms with Gasteiger partial charge in [0.1, 0.15) is 5.60 Å². The molecule has 0 aliphatic heterocycles. The molecule has 6 nitrogen and oxygen atoms in total. The quantitative estimate of drug-likeness (QED) is 0.265. The molecule has 0 radical (unpaired) electrons. The highest BCUT2D eigenvalue weighted by molar-refractivity contribution is 6.74. The van der Waals surface area contributed by atoms with E-state index in [9.17, 15) is 22.8 Å². The van der Waals surface area contributed by atoms with Crippen molar-refractivity contribution in [1.29, 1.82) is 0 Å². The van der Waals surface area contributed by atoms with Crippen LogP contribution in [0, 0.1) is 0 Å². The summed E-state index contributed by atoms with van der Waals surface area (Å²) in [6.07, 6.45) is -3.62. The summed E-state index contributed by atoms with van der Waals surface area (Å²) in [5, 5.41) is 2.45. The average molecular weight is 504 g/mol. The van der Waals surface area contributed by atoms with Crippen LogP contribution in [0.25, 0.3) is 0 Å². The molecule has 192 valence electrons. The van der Waals surface area contributed by atoms with E-state index < -0.39 is 49.9 Å². The molecule has 0 saturated heterocycles. The highest BCUT2D eigenvalue weighted by Crippen LogP contribution is 2.41. The average Bonchev–Trinajstić information content (AvgIpc) is 2.66. The number of nitrogens with one attached hydrogen (secondary N) is 1. The van der Waals surface area contributed by atoms with Crippen LogP contribution in [-0.2, 0) is 24.9 Å². The third-order valence-electron chi connectivity index (χ3n) is 5.44. The number of benzene rings is 1. The van der Waals surface area contributed by atoms with E-state index in [-0.39, 0.29) is 5.04 Å². The van der Waals surface area contributed by atoms with Gasteiger partial charge in [-0.1, -0.05) is 39.0 Å². The van der Waals surface area contributed by atoms with E-state index in [1.54, 1.807) is 20.8 Å². The lowest BCUT2D eigenvalue weighted by molar-refractivity contribution is -0.137. The van der Waals surface area contributed by atoms with Gasteiger partial charge in [-0.25, -0.2) is 9.59 Å². The summed E-state index contributed by atoms with van der Waals surface area (Å²) in [6.45, 7) is 15.1. The summed E-state index contributed by atoms with van der Waals surface area (Å²) in [7, 11) is -1.28. The van der Waals surface area contributed by atoms with Gasteiger partial charge < -0.3 is 19.2 Å². The molecule has 1 aromatic rings. The zero-order valence-electron chi connectivity index (χ0n) is 21.3. The maximum Gasteiger partial charge on any atom is 0.416 e. The molecule has 34 heavy (non-hydrogen) atoms. The second-order valence-corrected chi connectivity index (χ2v) is 15.2. The Balaban J connectivity index is 3.54. The Hall–Kier alpha value is -2.33. The summed E-state index contributed by atoms with van der Waals surface area (Å²) in [5.41, 5.74) is -1.18. The van der Waals surface area contributed by atoms with Crippen LogP contribution < -0.4 is 5.32 Å². The summed E-state index contributed by atoms with van der Waals surface area (Å²) in [5.74, 6) is -0.658. The van der Waals surface area contributed by atoms with Crippen molar-refractivity contribution in [2.24, 2.45) is 0 Å². The predicted molar refractivity (Wildman–Crippen MR) is 127 cm³/mol. The van der Waals surface area contributed by atoms with Crippen LogP contribution >= 0.6 is 0 Å². The first-order valence-corrected chi connectivity index (χ1v) is 13.8. The number of alkyl halides is 3. The molecule has 0 fully saturated rings. The van der Waals surface area contributed by atoms with Gasteiger partial charge in [-0.05, 0) is 56.6 Å². The van der Waals surface area contributed by atoms with E-state index in [2.05, 4.69) is 10.1 Å². The Morgan fingerprint density at radius 3 is 1.94 bits per heavy atom. The van der Waals surface area contributed by atoms with E-state index in [1.165, 1.54) is 25.3 Å². The van der Waals surface area contributed by atoms with E-state index in [4.69, 9.17) is 9.16 Å². The third kappa shape index (κ3) is 9.13. The van der Waals surface area contributed by atoms with Crippen molar-refractivity contribution >= 4 is 20.4 Å². The Morgan fingerprint density at radius 2 is 1.53 bits per heavy atom. The fourth-order valence-corrected chi connectivity index (χ4v) is 3.89. The van der Waals surface area contributed by atoms with Crippen LogP contribution in [0.15, 0.2) is 36.4 Å². The van der Waals surface area contributed by atoms with Crippen LogP contribution in [0.5, 0.6) is 0 Å². The van der Waals surface area contributed by atoms with Gasteiger partial charge in [0.15, 0.2) is 8.32 Å². The lowest BCUT2D eigenvalue weighted by atomic mass is 10.0. The predicted octanol–water partition coefficient (Wildman–Crippen LogP) is 6.39. The van der Waals surface area contributed by atoms with Crippen LogP contribution in [-0.4, -0.2) is 39.1 Å². The van der Waals surface area contributed by atoms with Crippen LogP contribution in [0.3, 0.4) is 0 Å². The van der Waals surface area contributed by atoms with Crippen molar-refractivity contribution in [2.45, 2.75) is 83.6 Å². The molecule has 1 aromatic carbocycles.